The number of benzene rings is 1. The van der Waals surface area contributed by atoms with Gasteiger partial charge in [-0.15, -0.1) is 0 Å². The fourth-order valence-corrected chi connectivity index (χ4v) is 1.86. The quantitative estimate of drug-likeness (QED) is 0.748. The molecule has 0 aliphatic carbocycles. The molecule has 77 valence electrons. The Balaban J connectivity index is 2.02. The van der Waals surface area contributed by atoms with Gasteiger partial charge in [-0.05, 0) is 12.1 Å². The molecule has 1 aromatic carbocycles. The lowest BCUT2D eigenvalue weighted by molar-refractivity contribution is -0.0174. The second kappa shape index (κ2) is 3.64. The molecule has 1 saturated heterocycles. The van der Waals surface area contributed by atoms with Crippen LogP contribution in [0, 0.1) is 6.33 Å². The number of nitrogens with one attached hydrogen (secondary N) is 1. The molecule has 3 rings (SSSR count). The highest BCUT2D eigenvalue weighted by Gasteiger charge is 2.17. The monoisotopic (exact) mass is 202 g/mol. The third-order valence-electron chi connectivity index (χ3n) is 2.62. The van der Waals surface area contributed by atoms with Crippen LogP contribution < -0.4 is 5.32 Å². The fraction of sp³-hybridized carbons (Fsp3) is 0.364. The molecule has 1 atom stereocenters. The van der Waals surface area contributed by atoms with Crippen molar-refractivity contribution in [2.24, 2.45) is 0 Å². The summed E-state index contributed by atoms with van der Waals surface area (Å²) in [4.78, 5) is 4.22. The van der Waals surface area contributed by atoms with E-state index in [2.05, 4.69) is 16.6 Å². The van der Waals surface area contributed by atoms with Crippen molar-refractivity contribution < 1.29 is 4.74 Å². The van der Waals surface area contributed by atoms with E-state index < -0.39 is 0 Å². The van der Waals surface area contributed by atoms with Crippen LogP contribution in [0.4, 0.5) is 0 Å². The lowest BCUT2D eigenvalue weighted by atomic mass is 10.3. The number of nitrogens with zero attached hydrogens (tertiary/aromatic N) is 2. The highest BCUT2D eigenvalue weighted by Crippen LogP contribution is 2.18. The summed E-state index contributed by atoms with van der Waals surface area (Å²) in [5.74, 6) is 0. The van der Waals surface area contributed by atoms with Crippen LogP contribution in [0.25, 0.3) is 11.0 Å². The molecule has 1 aliphatic rings. The van der Waals surface area contributed by atoms with Gasteiger partial charge in [0, 0.05) is 13.1 Å². The standard InChI is InChI=1S/C11H12N3O/c1-2-4-10-9(3-1)13-8-14(10)11-7-12-5-6-15-11/h1-4,11-12H,5-7H2. The Morgan fingerprint density at radius 3 is 3.27 bits per heavy atom. The maximum Gasteiger partial charge on any atom is 0.179 e. The van der Waals surface area contributed by atoms with Gasteiger partial charge in [0.15, 0.2) is 6.33 Å². The third kappa shape index (κ3) is 1.52. The molecule has 2 aromatic rings. The van der Waals surface area contributed by atoms with Crippen LogP contribution in [-0.2, 0) is 4.74 Å². The average Bonchev–Trinajstić information content (AvgIpc) is 2.74. The molecule has 4 nitrogen and oxygen atoms in total. The van der Waals surface area contributed by atoms with E-state index in [1.54, 1.807) is 0 Å². The minimum atomic E-state index is 0.0196. The van der Waals surface area contributed by atoms with Crippen LogP contribution in [0.5, 0.6) is 0 Å². The van der Waals surface area contributed by atoms with Crippen LogP contribution in [-0.4, -0.2) is 29.2 Å². The molecule has 1 unspecified atom stereocenters. The molecule has 1 aliphatic heterocycles. The summed E-state index contributed by atoms with van der Waals surface area (Å²) in [6.45, 7) is 2.48. The topological polar surface area (TPSA) is 39.1 Å². The van der Waals surface area contributed by atoms with Crippen molar-refractivity contribution in [3.63, 3.8) is 0 Å². The van der Waals surface area contributed by atoms with E-state index in [0.29, 0.717) is 0 Å². The van der Waals surface area contributed by atoms with Gasteiger partial charge >= 0.3 is 0 Å². The Morgan fingerprint density at radius 2 is 2.40 bits per heavy atom. The number of rotatable bonds is 1. The number of fused-ring (bicyclic) bond motifs is 1. The zero-order chi connectivity index (χ0) is 10.1. The van der Waals surface area contributed by atoms with E-state index >= 15 is 0 Å². The largest absolute Gasteiger partial charge is 0.355 e. The fourth-order valence-electron chi connectivity index (χ4n) is 1.86. The van der Waals surface area contributed by atoms with Crippen molar-refractivity contribution in [3.05, 3.63) is 30.6 Å². The Bertz CT molecular complexity index is 460. The van der Waals surface area contributed by atoms with Crippen molar-refractivity contribution in [1.29, 1.82) is 0 Å². The summed E-state index contributed by atoms with van der Waals surface area (Å²) >= 11 is 0. The normalized spacial score (nSPS) is 22.0. The first-order valence-electron chi connectivity index (χ1n) is 5.12. The Kier molecular flexibility index (Phi) is 2.16. The molecule has 1 fully saturated rings. The first kappa shape index (κ1) is 8.88. The molecule has 4 heteroatoms. The minimum Gasteiger partial charge on any atom is -0.355 e. The number of aromatic nitrogens is 2. The number of imidazole rings is 1. The highest BCUT2D eigenvalue weighted by molar-refractivity contribution is 5.74. The van der Waals surface area contributed by atoms with Crippen LogP contribution in [0.15, 0.2) is 24.3 Å². The lowest BCUT2D eigenvalue weighted by Crippen LogP contribution is -2.36. The molecular formula is C11H12N3O. The van der Waals surface area contributed by atoms with Crippen molar-refractivity contribution in [2.45, 2.75) is 6.23 Å². The number of morpholine rings is 1. The molecule has 1 aromatic heterocycles. The van der Waals surface area contributed by atoms with Crippen molar-refractivity contribution in [3.8, 4) is 0 Å². The third-order valence-corrected chi connectivity index (χ3v) is 2.62. The van der Waals surface area contributed by atoms with Gasteiger partial charge < -0.3 is 10.1 Å². The van der Waals surface area contributed by atoms with E-state index in [1.165, 1.54) is 0 Å². The molecule has 1 radical (unpaired) electrons. The van der Waals surface area contributed by atoms with E-state index in [-0.39, 0.29) is 6.23 Å². The highest BCUT2D eigenvalue weighted by atomic mass is 16.5. The van der Waals surface area contributed by atoms with Crippen molar-refractivity contribution in [1.82, 2.24) is 14.9 Å². The van der Waals surface area contributed by atoms with Crippen molar-refractivity contribution >= 4 is 11.0 Å². The predicted molar refractivity (Wildman–Crippen MR) is 56.4 cm³/mol. The first-order chi connectivity index (χ1) is 7.45. The average molecular weight is 202 g/mol. The first-order valence-corrected chi connectivity index (χ1v) is 5.12. The molecule has 0 saturated carbocycles. The smallest absolute Gasteiger partial charge is 0.179 e. The van der Waals surface area contributed by atoms with Crippen LogP contribution >= 0.6 is 0 Å². The zero-order valence-electron chi connectivity index (χ0n) is 8.31. The Labute approximate surface area is 87.9 Å². The summed E-state index contributed by atoms with van der Waals surface area (Å²) in [5.41, 5.74) is 2.04. The number of ether oxygens (including phenoxy) is 1. The molecule has 2 heterocycles. The summed E-state index contributed by atoms with van der Waals surface area (Å²) in [5, 5.41) is 3.29. The Morgan fingerprint density at radius 1 is 1.47 bits per heavy atom. The SMILES string of the molecule is [c]1nc2ccccc2n1C1CNCCO1. The van der Waals surface area contributed by atoms with Gasteiger partial charge in [-0.1, -0.05) is 12.1 Å². The van der Waals surface area contributed by atoms with Crippen LogP contribution in [0.3, 0.4) is 0 Å². The van der Waals surface area contributed by atoms with E-state index in [4.69, 9.17) is 4.74 Å². The second-order valence-electron chi connectivity index (χ2n) is 3.60. The minimum absolute atomic E-state index is 0.0196. The Hall–Kier alpha value is -1.39. The second-order valence-corrected chi connectivity index (χ2v) is 3.60. The molecule has 0 spiro atoms. The molecule has 0 bridgehead atoms. The maximum absolute atomic E-state index is 5.66. The van der Waals surface area contributed by atoms with Crippen LogP contribution in [0.1, 0.15) is 6.23 Å². The predicted octanol–water partition coefficient (Wildman–Crippen LogP) is 0.955. The van der Waals surface area contributed by atoms with Gasteiger partial charge in [-0.25, -0.2) is 4.98 Å². The van der Waals surface area contributed by atoms with Crippen molar-refractivity contribution in [2.75, 3.05) is 19.7 Å². The summed E-state index contributed by atoms with van der Waals surface area (Å²) in [6.07, 6.45) is 3.00. The summed E-state index contributed by atoms with van der Waals surface area (Å²) in [6, 6.07) is 8.01. The summed E-state index contributed by atoms with van der Waals surface area (Å²) < 4.78 is 7.62. The van der Waals surface area contributed by atoms with Gasteiger partial charge in [0.25, 0.3) is 0 Å². The number of para-hydroxylation sites is 2. The van der Waals surface area contributed by atoms with E-state index in [9.17, 15) is 0 Å². The molecule has 15 heavy (non-hydrogen) atoms. The van der Waals surface area contributed by atoms with Gasteiger partial charge in [0.05, 0.1) is 17.6 Å². The maximum atomic E-state index is 5.66. The molecule has 0 amide bonds. The zero-order valence-corrected chi connectivity index (χ0v) is 8.31. The van der Waals surface area contributed by atoms with Gasteiger partial charge in [-0.2, -0.15) is 0 Å². The summed E-state index contributed by atoms with van der Waals surface area (Å²) in [7, 11) is 0. The van der Waals surface area contributed by atoms with Gasteiger partial charge in [-0.3, -0.25) is 4.57 Å². The van der Waals surface area contributed by atoms with Crippen LogP contribution in [0.2, 0.25) is 0 Å². The van der Waals surface area contributed by atoms with Gasteiger partial charge in [0.1, 0.15) is 6.23 Å². The molecule has 1 N–H and O–H groups in total. The number of hydrogen-bond acceptors (Lipinski definition) is 3. The lowest BCUT2D eigenvalue weighted by Gasteiger charge is -2.24. The number of hydrogen-bond donors (Lipinski definition) is 1. The molecular weight excluding hydrogens is 190 g/mol. The van der Waals surface area contributed by atoms with E-state index in [0.717, 1.165) is 30.7 Å². The van der Waals surface area contributed by atoms with Gasteiger partial charge in [0.2, 0.25) is 0 Å². The van der Waals surface area contributed by atoms with E-state index in [1.807, 2.05) is 28.8 Å².